The Bertz CT molecular complexity index is 666. The van der Waals surface area contributed by atoms with Crippen molar-refractivity contribution in [1.82, 2.24) is 20.4 Å². The highest BCUT2D eigenvalue weighted by Crippen LogP contribution is 2.24. The number of benzene rings is 1. The Kier molecular flexibility index (Phi) is 5.85. The minimum atomic E-state index is 0.595. The van der Waals surface area contributed by atoms with Gasteiger partial charge in [0, 0.05) is 38.5 Å². The predicted octanol–water partition coefficient (Wildman–Crippen LogP) is 1.30. The lowest BCUT2D eigenvalue weighted by Gasteiger charge is -2.14. The molecule has 2 rings (SSSR count). The Morgan fingerprint density at radius 2 is 1.96 bits per heavy atom. The Balaban J connectivity index is 1.94. The molecule has 0 amide bonds. The van der Waals surface area contributed by atoms with Crippen LogP contribution in [0.3, 0.4) is 0 Å². The van der Waals surface area contributed by atoms with Crippen LogP contribution in [0.5, 0.6) is 11.5 Å². The van der Waals surface area contributed by atoms with Crippen molar-refractivity contribution in [1.29, 1.82) is 0 Å². The standard InChI is InChI=1S/C16H23N5O2/c1-17-16(19-11-13-7-8-20-21(13)2)18-10-12-5-6-14(22-3)9-15(12)23-4/h5-9H,10-11H2,1-4H3,(H2,17,18,19). The van der Waals surface area contributed by atoms with Crippen molar-refractivity contribution < 1.29 is 9.47 Å². The first-order valence-corrected chi connectivity index (χ1v) is 7.30. The summed E-state index contributed by atoms with van der Waals surface area (Å²) in [6.45, 7) is 1.24. The summed E-state index contributed by atoms with van der Waals surface area (Å²) in [4.78, 5) is 4.22. The van der Waals surface area contributed by atoms with Crippen LogP contribution in [0, 0.1) is 0 Å². The summed E-state index contributed by atoms with van der Waals surface area (Å²) >= 11 is 0. The summed E-state index contributed by atoms with van der Waals surface area (Å²) < 4.78 is 12.4. The number of aryl methyl sites for hydroxylation is 1. The molecular formula is C16H23N5O2. The largest absolute Gasteiger partial charge is 0.497 e. The first-order chi connectivity index (χ1) is 11.2. The second kappa shape index (κ2) is 8.07. The first kappa shape index (κ1) is 16.7. The molecule has 0 saturated heterocycles. The van der Waals surface area contributed by atoms with Gasteiger partial charge in [-0.15, -0.1) is 0 Å². The molecule has 2 N–H and O–H groups in total. The average Bonchev–Trinajstić information content (AvgIpc) is 3.00. The molecule has 0 aliphatic rings. The molecule has 1 heterocycles. The maximum Gasteiger partial charge on any atom is 0.191 e. The van der Waals surface area contributed by atoms with Crippen molar-refractivity contribution >= 4 is 5.96 Å². The van der Waals surface area contributed by atoms with E-state index in [1.807, 2.05) is 36.0 Å². The number of hydrogen-bond acceptors (Lipinski definition) is 4. The molecule has 23 heavy (non-hydrogen) atoms. The zero-order valence-corrected chi connectivity index (χ0v) is 14.0. The highest BCUT2D eigenvalue weighted by Gasteiger charge is 2.07. The van der Waals surface area contributed by atoms with Crippen molar-refractivity contribution in [3.63, 3.8) is 0 Å². The zero-order valence-electron chi connectivity index (χ0n) is 14.0. The normalized spacial score (nSPS) is 11.2. The number of guanidine groups is 1. The Morgan fingerprint density at radius 3 is 2.57 bits per heavy atom. The number of rotatable bonds is 6. The maximum absolute atomic E-state index is 5.40. The van der Waals surface area contributed by atoms with Crippen molar-refractivity contribution in [3.8, 4) is 11.5 Å². The number of hydrogen-bond donors (Lipinski definition) is 2. The van der Waals surface area contributed by atoms with E-state index in [4.69, 9.17) is 9.47 Å². The molecule has 0 bridgehead atoms. The van der Waals surface area contributed by atoms with Crippen molar-refractivity contribution in [2.45, 2.75) is 13.1 Å². The number of aliphatic imine (C=N–C) groups is 1. The third kappa shape index (κ3) is 4.38. The Morgan fingerprint density at radius 1 is 1.17 bits per heavy atom. The second-order valence-corrected chi connectivity index (χ2v) is 4.90. The van der Waals surface area contributed by atoms with Gasteiger partial charge in [0.05, 0.1) is 26.5 Å². The van der Waals surface area contributed by atoms with Gasteiger partial charge in [0.25, 0.3) is 0 Å². The van der Waals surface area contributed by atoms with E-state index in [1.54, 1.807) is 27.5 Å². The molecule has 0 unspecified atom stereocenters. The second-order valence-electron chi connectivity index (χ2n) is 4.90. The summed E-state index contributed by atoms with van der Waals surface area (Å²) in [6.07, 6.45) is 1.77. The number of nitrogens with one attached hydrogen (secondary N) is 2. The molecule has 0 fully saturated rings. The van der Waals surface area contributed by atoms with E-state index in [0.29, 0.717) is 19.0 Å². The van der Waals surface area contributed by atoms with Crippen LogP contribution in [-0.2, 0) is 20.1 Å². The fourth-order valence-electron chi connectivity index (χ4n) is 2.15. The van der Waals surface area contributed by atoms with Gasteiger partial charge in [-0.1, -0.05) is 0 Å². The summed E-state index contributed by atoms with van der Waals surface area (Å²) in [5, 5.41) is 10.7. The van der Waals surface area contributed by atoms with Crippen molar-refractivity contribution in [2.24, 2.45) is 12.0 Å². The molecule has 124 valence electrons. The van der Waals surface area contributed by atoms with Crippen LogP contribution in [0.2, 0.25) is 0 Å². The van der Waals surface area contributed by atoms with Crippen LogP contribution >= 0.6 is 0 Å². The van der Waals surface area contributed by atoms with Crippen LogP contribution < -0.4 is 20.1 Å². The SMILES string of the molecule is CN=C(NCc1ccc(OC)cc1OC)NCc1ccnn1C. The fraction of sp³-hybridized carbons (Fsp3) is 0.375. The third-order valence-electron chi connectivity index (χ3n) is 3.52. The lowest BCUT2D eigenvalue weighted by atomic mass is 10.2. The van der Waals surface area contributed by atoms with Gasteiger partial charge in [-0.2, -0.15) is 5.10 Å². The van der Waals surface area contributed by atoms with Gasteiger partial charge in [-0.25, -0.2) is 0 Å². The molecule has 2 aromatic rings. The smallest absolute Gasteiger partial charge is 0.191 e. The molecule has 0 aliphatic heterocycles. The topological polar surface area (TPSA) is 72.7 Å². The van der Waals surface area contributed by atoms with Gasteiger partial charge in [-0.05, 0) is 18.2 Å². The highest BCUT2D eigenvalue weighted by atomic mass is 16.5. The van der Waals surface area contributed by atoms with Gasteiger partial charge in [0.1, 0.15) is 11.5 Å². The van der Waals surface area contributed by atoms with Crippen LogP contribution in [0.1, 0.15) is 11.3 Å². The minimum absolute atomic E-state index is 0.595. The minimum Gasteiger partial charge on any atom is -0.497 e. The van der Waals surface area contributed by atoms with Gasteiger partial charge >= 0.3 is 0 Å². The van der Waals surface area contributed by atoms with Crippen LogP contribution in [-0.4, -0.2) is 37.0 Å². The van der Waals surface area contributed by atoms with E-state index in [-0.39, 0.29) is 0 Å². The molecule has 0 atom stereocenters. The van der Waals surface area contributed by atoms with Gasteiger partial charge in [0.2, 0.25) is 0 Å². The predicted molar refractivity (Wildman–Crippen MR) is 89.8 cm³/mol. The maximum atomic E-state index is 5.40. The number of methoxy groups -OCH3 is 2. The molecule has 0 radical (unpaired) electrons. The summed E-state index contributed by atoms with van der Waals surface area (Å²) in [5.41, 5.74) is 2.10. The third-order valence-corrected chi connectivity index (χ3v) is 3.52. The monoisotopic (exact) mass is 317 g/mol. The fourth-order valence-corrected chi connectivity index (χ4v) is 2.15. The van der Waals surface area contributed by atoms with Crippen molar-refractivity contribution in [3.05, 3.63) is 41.7 Å². The molecule has 0 aliphatic carbocycles. The molecule has 0 spiro atoms. The number of nitrogens with zero attached hydrogens (tertiary/aromatic N) is 3. The van der Waals surface area contributed by atoms with Crippen LogP contribution in [0.25, 0.3) is 0 Å². The zero-order chi connectivity index (χ0) is 16.7. The van der Waals surface area contributed by atoms with Crippen LogP contribution in [0.15, 0.2) is 35.5 Å². The lowest BCUT2D eigenvalue weighted by Crippen LogP contribution is -2.36. The molecule has 1 aromatic carbocycles. The Hall–Kier alpha value is -2.70. The van der Waals surface area contributed by atoms with E-state index in [1.165, 1.54) is 0 Å². The van der Waals surface area contributed by atoms with E-state index in [0.717, 1.165) is 22.8 Å². The van der Waals surface area contributed by atoms with Gasteiger partial charge < -0.3 is 20.1 Å². The average molecular weight is 317 g/mol. The Labute approximate surface area is 136 Å². The summed E-state index contributed by atoms with van der Waals surface area (Å²) in [6, 6.07) is 7.71. The molecule has 7 nitrogen and oxygen atoms in total. The van der Waals surface area contributed by atoms with E-state index in [2.05, 4.69) is 20.7 Å². The number of aromatic nitrogens is 2. The quantitative estimate of drug-likeness (QED) is 0.621. The lowest BCUT2D eigenvalue weighted by molar-refractivity contribution is 0.390. The number of ether oxygens (including phenoxy) is 2. The summed E-state index contributed by atoms with van der Waals surface area (Å²) in [7, 11) is 6.93. The first-order valence-electron chi connectivity index (χ1n) is 7.30. The van der Waals surface area contributed by atoms with Gasteiger partial charge in [0.15, 0.2) is 5.96 Å². The van der Waals surface area contributed by atoms with E-state index in [9.17, 15) is 0 Å². The summed E-state index contributed by atoms with van der Waals surface area (Å²) in [5.74, 6) is 2.26. The van der Waals surface area contributed by atoms with E-state index < -0.39 is 0 Å². The van der Waals surface area contributed by atoms with Crippen LogP contribution in [0.4, 0.5) is 0 Å². The molecule has 1 aromatic heterocycles. The molecule has 0 saturated carbocycles. The van der Waals surface area contributed by atoms with Gasteiger partial charge in [-0.3, -0.25) is 9.67 Å². The highest BCUT2D eigenvalue weighted by molar-refractivity contribution is 5.79. The van der Waals surface area contributed by atoms with Crippen molar-refractivity contribution in [2.75, 3.05) is 21.3 Å². The molecular weight excluding hydrogens is 294 g/mol. The molecule has 7 heteroatoms. The van der Waals surface area contributed by atoms with E-state index >= 15 is 0 Å².